The average molecular weight is 284 g/mol. The lowest BCUT2D eigenvalue weighted by atomic mass is 9.97. The van der Waals surface area contributed by atoms with Gasteiger partial charge in [0, 0.05) is 25.4 Å². The molecular weight excluding hydrogens is 271 g/mol. The largest absolute Gasteiger partial charge is 0.408 e. The molecule has 2 rings (SSSR count). The molecular formula is C10H13ClF3N3O. The van der Waals surface area contributed by atoms with Crippen LogP contribution in [-0.2, 0) is 6.42 Å². The van der Waals surface area contributed by atoms with Crippen LogP contribution >= 0.6 is 11.6 Å². The van der Waals surface area contributed by atoms with Gasteiger partial charge in [-0.05, 0) is 12.8 Å². The van der Waals surface area contributed by atoms with Crippen LogP contribution in [0.3, 0.4) is 0 Å². The van der Waals surface area contributed by atoms with Gasteiger partial charge in [0.15, 0.2) is 0 Å². The summed E-state index contributed by atoms with van der Waals surface area (Å²) in [7, 11) is 0. The highest BCUT2D eigenvalue weighted by molar-refractivity contribution is 6.17. The Balaban J connectivity index is 1.92. The summed E-state index contributed by atoms with van der Waals surface area (Å²) in [5.41, 5.74) is 0. The first kappa shape index (κ1) is 13.5. The highest BCUT2D eigenvalue weighted by Crippen LogP contribution is 2.35. The standard InChI is InChI=1S/C10H13ClF3N3O/c11-4-1-8-15-16-9(18-8)17-5-2-7(3-6-17)10(12,13)14/h7H,1-6H2. The van der Waals surface area contributed by atoms with E-state index in [4.69, 9.17) is 16.0 Å². The molecule has 4 nitrogen and oxygen atoms in total. The highest BCUT2D eigenvalue weighted by atomic mass is 35.5. The van der Waals surface area contributed by atoms with Gasteiger partial charge in [0.1, 0.15) is 0 Å². The van der Waals surface area contributed by atoms with Gasteiger partial charge in [0.2, 0.25) is 5.89 Å². The third-order valence-corrected chi connectivity index (χ3v) is 3.18. The molecule has 18 heavy (non-hydrogen) atoms. The van der Waals surface area contributed by atoms with Gasteiger partial charge in [-0.1, -0.05) is 5.10 Å². The maximum Gasteiger partial charge on any atom is 0.391 e. The second kappa shape index (κ2) is 5.34. The molecule has 0 atom stereocenters. The van der Waals surface area contributed by atoms with E-state index in [2.05, 4.69) is 10.2 Å². The fourth-order valence-electron chi connectivity index (χ4n) is 1.95. The number of hydrogen-bond acceptors (Lipinski definition) is 4. The second-order valence-corrected chi connectivity index (χ2v) is 4.60. The van der Waals surface area contributed by atoms with E-state index in [1.54, 1.807) is 4.90 Å². The third-order valence-electron chi connectivity index (χ3n) is 2.99. The topological polar surface area (TPSA) is 42.2 Å². The van der Waals surface area contributed by atoms with Gasteiger partial charge in [-0.15, -0.1) is 16.7 Å². The van der Waals surface area contributed by atoms with E-state index in [1.165, 1.54) is 0 Å². The molecule has 0 radical (unpaired) electrons. The van der Waals surface area contributed by atoms with E-state index >= 15 is 0 Å². The molecule has 1 aromatic heterocycles. The first-order chi connectivity index (χ1) is 8.50. The molecule has 0 saturated carbocycles. The van der Waals surface area contributed by atoms with Crippen molar-refractivity contribution in [1.82, 2.24) is 10.2 Å². The Bertz CT molecular complexity index is 388. The predicted octanol–water partition coefficient (Wildman–Crippen LogP) is 2.63. The minimum Gasteiger partial charge on any atom is -0.408 e. The normalized spacial score (nSPS) is 18.3. The van der Waals surface area contributed by atoms with Crippen LogP contribution in [0.1, 0.15) is 18.7 Å². The molecule has 1 fully saturated rings. The minimum absolute atomic E-state index is 0.0662. The number of nitrogens with zero attached hydrogens (tertiary/aromatic N) is 3. The molecule has 0 aliphatic carbocycles. The first-order valence-electron chi connectivity index (χ1n) is 5.70. The molecule has 0 spiro atoms. The van der Waals surface area contributed by atoms with E-state index < -0.39 is 12.1 Å². The number of alkyl halides is 4. The minimum atomic E-state index is -4.11. The zero-order valence-corrected chi connectivity index (χ0v) is 10.3. The molecule has 0 aromatic carbocycles. The molecule has 1 aromatic rings. The first-order valence-corrected chi connectivity index (χ1v) is 6.24. The van der Waals surface area contributed by atoms with Crippen LogP contribution in [0.2, 0.25) is 0 Å². The Morgan fingerprint density at radius 1 is 1.28 bits per heavy atom. The van der Waals surface area contributed by atoms with Crippen LogP contribution in [0, 0.1) is 5.92 Å². The maximum absolute atomic E-state index is 12.5. The molecule has 1 saturated heterocycles. The summed E-state index contributed by atoms with van der Waals surface area (Å²) in [6, 6.07) is 0.288. The van der Waals surface area contributed by atoms with Crippen molar-refractivity contribution in [2.45, 2.75) is 25.4 Å². The molecule has 0 bridgehead atoms. The van der Waals surface area contributed by atoms with Gasteiger partial charge in [-0.25, -0.2) is 0 Å². The number of hydrogen-bond donors (Lipinski definition) is 0. The summed E-state index contributed by atoms with van der Waals surface area (Å²) in [5.74, 6) is -0.436. The molecule has 1 aliphatic rings. The van der Waals surface area contributed by atoms with Crippen molar-refractivity contribution in [3.05, 3.63) is 5.89 Å². The highest BCUT2D eigenvalue weighted by Gasteiger charge is 2.41. The van der Waals surface area contributed by atoms with Crippen LogP contribution in [0.15, 0.2) is 4.42 Å². The molecule has 102 valence electrons. The SMILES string of the molecule is FC(F)(F)C1CCN(c2nnc(CCCl)o2)CC1. The van der Waals surface area contributed by atoms with Crippen molar-refractivity contribution in [3.8, 4) is 0 Å². The molecule has 0 N–H and O–H groups in total. The summed E-state index contributed by atoms with van der Waals surface area (Å²) in [5, 5.41) is 7.60. The number of anilines is 1. The van der Waals surface area contributed by atoms with E-state index in [9.17, 15) is 13.2 Å². The van der Waals surface area contributed by atoms with Crippen molar-refractivity contribution in [3.63, 3.8) is 0 Å². The maximum atomic E-state index is 12.5. The average Bonchev–Trinajstić information content (AvgIpc) is 2.77. The van der Waals surface area contributed by atoms with Crippen LogP contribution in [-0.4, -0.2) is 35.3 Å². The lowest BCUT2D eigenvalue weighted by Crippen LogP contribution is -2.39. The van der Waals surface area contributed by atoms with Crippen LogP contribution < -0.4 is 4.90 Å². The van der Waals surface area contributed by atoms with Gasteiger partial charge in [-0.3, -0.25) is 0 Å². The van der Waals surface area contributed by atoms with Crippen molar-refractivity contribution in [1.29, 1.82) is 0 Å². The van der Waals surface area contributed by atoms with E-state index in [-0.39, 0.29) is 31.9 Å². The molecule has 0 amide bonds. The Labute approximate surface area is 107 Å². The zero-order chi connectivity index (χ0) is 13.2. The number of halogens is 4. The van der Waals surface area contributed by atoms with Crippen LogP contribution in [0.5, 0.6) is 0 Å². The second-order valence-electron chi connectivity index (χ2n) is 4.22. The van der Waals surface area contributed by atoms with Gasteiger partial charge >= 0.3 is 12.2 Å². The Morgan fingerprint density at radius 3 is 2.50 bits per heavy atom. The number of rotatable bonds is 3. The lowest BCUT2D eigenvalue weighted by Gasteiger charge is -2.31. The third kappa shape index (κ3) is 3.07. The van der Waals surface area contributed by atoms with Crippen molar-refractivity contribution in [2.24, 2.45) is 5.92 Å². The molecule has 0 unspecified atom stereocenters. The van der Waals surface area contributed by atoms with Gasteiger partial charge < -0.3 is 9.32 Å². The summed E-state index contributed by atoms with van der Waals surface area (Å²) < 4.78 is 42.8. The summed E-state index contributed by atoms with van der Waals surface area (Å²) >= 11 is 5.53. The fourth-order valence-corrected chi connectivity index (χ4v) is 2.11. The fraction of sp³-hybridized carbons (Fsp3) is 0.800. The Hall–Kier alpha value is -0.980. The van der Waals surface area contributed by atoms with Crippen molar-refractivity contribution < 1.29 is 17.6 Å². The molecule has 2 heterocycles. The van der Waals surface area contributed by atoms with Crippen LogP contribution in [0.4, 0.5) is 19.2 Å². The van der Waals surface area contributed by atoms with E-state index in [0.717, 1.165) is 0 Å². The van der Waals surface area contributed by atoms with Gasteiger partial charge in [0.25, 0.3) is 0 Å². The Morgan fingerprint density at radius 2 is 1.94 bits per heavy atom. The van der Waals surface area contributed by atoms with Crippen molar-refractivity contribution >= 4 is 17.6 Å². The van der Waals surface area contributed by atoms with Gasteiger partial charge in [0.05, 0.1) is 5.92 Å². The summed E-state index contributed by atoms with van der Waals surface area (Å²) in [6.07, 6.45) is -3.51. The van der Waals surface area contributed by atoms with Crippen LogP contribution in [0.25, 0.3) is 0 Å². The number of piperidine rings is 1. The quantitative estimate of drug-likeness (QED) is 0.800. The predicted molar refractivity (Wildman–Crippen MR) is 59.7 cm³/mol. The van der Waals surface area contributed by atoms with Crippen molar-refractivity contribution in [2.75, 3.05) is 23.9 Å². The monoisotopic (exact) mass is 283 g/mol. The van der Waals surface area contributed by atoms with Gasteiger partial charge in [-0.2, -0.15) is 13.2 Å². The smallest absolute Gasteiger partial charge is 0.391 e. The zero-order valence-electron chi connectivity index (χ0n) is 9.58. The number of aromatic nitrogens is 2. The number of aryl methyl sites for hydroxylation is 1. The Kier molecular flexibility index (Phi) is 3.99. The summed E-state index contributed by atoms with van der Waals surface area (Å²) in [4.78, 5) is 1.69. The molecule has 1 aliphatic heterocycles. The van der Waals surface area contributed by atoms with E-state index in [1.807, 2.05) is 0 Å². The van der Waals surface area contributed by atoms with E-state index in [0.29, 0.717) is 18.2 Å². The summed E-state index contributed by atoms with van der Waals surface area (Å²) in [6.45, 7) is 0.569. The lowest BCUT2D eigenvalue weighted by molar-refractivity contribution is -0.179. The molecule has 8 heteroatoms.